The van der Waals surface area contributed by atoms with E-state index in [1.165, 1.54) is 26.6 Å². The molecule has 18 nitrogen and oxygen atoms in total. The molecule has 2 aliphatic heterocycles. The van der Waals surface area contributed by atoms with E-state index in [9.17, 15) is 28.8 Å². The third kappa shape index (κ3) is 7.65. The fraction of sp³-hybridized carbons (Fsp3) is 0.450. The van der Waals surface area contributed by atoms with Crippen molar-refractivity contribution in [1.82, 2.24) is 50.3 Å². The predicted molar refractivity (Wildman–Crippen MR) is 210 cm³/mol. The average Bonchev–Trinajstić information content (AvgIpc) is 4.05. The number of hydrogen-bond donors (Lipinski definition) is 6. The Bertz CT molecular complexity index is 2180. The number of benzene rings is 1. The molecule has 5 aromatic rings. The lowest BCUT2D eigenvalue weighted by atomic mass is 10.0. The number of ether oxygens (including phenoxy) is 2. The van der Waals surface area contributed by atoms with Crippen molar-refractivity contribution in [2.24, 2.45) is 11.8 Å². The Balaban J connectivity index is 1.04. The molecule has 0 spiro atoms. The third-order valence-electron chi connectivity index (χ3n) is 11.0. The fourth-order valence-electron chi connectivity index (χ4n) is 7.93. The van der Waals surface area contributed by atoms with Gasteiger partial charge < -0.3 is 49.8 Å². The lowest BCUT2D eigenvalue weighted by Crippen LogP contribution is -2.51. The number of rotatable bonds is 12. The highest BCUT2D eigenvalue weighted by Crippen LogP contribution is 2.34. The lowest BCUT2D eigenvalue weighted by molar-refractivity contribution is -0.136. The first-order valence-corrected chi connectivity index (χ1v) is 19.4. The molecule has 0 radical (unpaired) electrons. The van der Waals surface area contributed by atoms with E-state index >= 15 is 0 Å². The van der Waals surface area contributed by atoms with Gasteiger partial charge in [0.2, 0.25) is 23.4 Å². The summed E-state index contributed by atoms with van der Waals surface area (Å²) in [6, 6.07) is 4.88. The van der Waals surface area contributed by atoms with Gasteiger partial charge >= 0.3 is 12.2 Å². The minimum Gasteiger partial charge on any atom is -0.453 e. The molecule has 306 valence electrons. The molecule has 0 aliphatic carbocycles. The lowest BCUT2D eigenvalue weighted by Gasteiger charge is -2.29. The molecular formula is C40H48N10O8. The molecule has 6 N–H and O–H groups in total. The normalized spacial score (nSPS) is 17.9. The van der Waals surface area contributed by atoms with Crippen molar-refractivity contribution in [1.29, 1.82) is 0 Å². The number of carbonyl (C=O) groups is 6. The molecule has 4 amide bonds. The maximum atomic E-state index is 13.7. The van der Waals surface area contributed by atoms with Crippen LogP contribution in [0.25, 0.3) is 21.8 Å². The first-order chi connectivity index (χ1) is 27.8. The molecule has 2 saturated heterocycles. The first kappa shape index (κ1) is 39.8. The van der Waals surface area contributed by atoms with Gasteiger partial charge in [0.1, 0.15) is 35.1 Å². The Labute approximate surface area is 333 Å². The summed E-state index contributed by atoms with van der Waals surface area (Å²) >= 11 is 0. The van der Waals surface area contributed by atoms with Gasteiger partial charge in [-0.05, 0) is 61.8 Å². The van der Waals surface area contributed by atoms with E-state index in [0.29, 0.717) is 60.0 Å². The van der Waals surface area contributed by atoms with Crippen LogP contribution in [0.5, 0.6) is 0 Å². The van der Waals surface area contributed by atoms with E-state index in [0.717, 1.165) is 23.6 Å². The van der Waals surface area contributed by atoms with Gasteiger partial charge in [0.15, 0.2) is 0 Å². The van der Waals surface area contributed by atoms with E-state index in [2.05, 4.69) is 40.5 Å². The highest BCUT2D eigenvalue weighted by atomic mass is 16.5. The number of methoxy groups -OCH3 is 2. The van der Waals surface area contributed by atoms with E-state index in [1.54, 1.807) is 21.9 Å². The number of nitrogens with one attached hydrogen (secondary N) is 6. The highest BCUT2D eigenvalue weighted by Gasteiger charge is 2.39. The van der Waals surface area contributed by atoms with Gasteiger partial charge in [-0.15, -0.1) is 0 Å². The quantitative estimate of drug-likeness (QED) is 0.0956. The Morgan fingerprint density at radius 2 is 1.03 bits per heavy atom. The monoisotopic (exact) mass is 796 g/mol. The molecule has 4 aromatic heterocycles. The second-order valence-corrected chi connectivity index (χ2v) is 15.5. The summed E-state index contributed by atoms with van der Waals surface area (Å²) in [4.78, 5) is 103. The number of likely N-dealkylation sites (tertiary alicyclic amines) is 2. The van der Waals surface area contributed by atoms with Gasteiger partial charge in [0.05, 0.1) is 50.1 Å². The molecule has 58 heavy (non-hydrogen) atoms. The van der Waals surface area contributed by atoms with Crippen molar-refractivity contribution in [3.8, 4) is 0 Å². The molecule has 2 fully saturated rings. The second kappa shape index (κ2) is 16.2. The zero-order chi connectivity index (χ0) is 41.4. The largest absolute Gasteiger partial charge is 0.453 e. The number of aromatic nitrogens is 6. The van der Waals surface area contributed by atoms with Crippen LogP contribution in [0, 0.1) is 11.8 Å². The van der Waals surface area contributed by atoms with Crippen LogP contribution in [0.2, 0.25) is 0 Å². The molecule has 0 bridgehead atoms. The van der Waals surface area contributed by atoms with Crippen LogP contribution in [0.1, 0.15) is 109 Å². The summed E-state index contributed by atoms with van der Waals surface area (Å²) < 4.78 is 9.45. The Kier molecular flexibility index (Phi) is 11.1. The highest BCUT2D eigenvalue weighted by molar-refractivity contribution is 6.12. The number of aromatic amines is 4. The average molecular weight is 797 g/mol. The Morgan fingerprint density at radius 3 is 1.41 bits per heavy atom. The summed E-state index contributed by atoms with van der Waals surface area (Å²) in [5.74, 6) is -0.481. The number of hydrogen-bond acceptors (Lipinski definition) is 10. The number of amides is 4. The summed E-state index contributed by atoms with van der Waals surface area (Å²) in [6.07, 6.45) is 4.35. The van der Waals surface area contributed by atoms with Crippen molar-refractivity contribution >= 4 is 57.4 Å². The Morgan fingerprint density at radius 1 is 0.621 bits per heavy atom. The SMILES string of the molecule is COC(=O)NC(C(=O)N1CCCC1c1ncc(C(=O)c2cc3cc4cc(C(=O)c5cnc(C6CCCN6C(=O)C(NC(=O)OC)C(C)C)[nH]5)[nH]c4cc3[nH]2)[nH]1)C(C)C. The summed E-state index contributed by atoms with van der Waals surface area (Å²) in [6.45, 7) is 8.37. The van der Waals surface area contributed by atoms with Crippen LogP contribution >= 0.6 is 0 Å². The van der Waals surface area contributed by atoms with Crippen LogP contribution in [0.4, 0.5) is 9.59 Å². The molecule has 6 heterocycles. The fourth-order valence-corrected chi connectivity index (χ4v) is 7.93. The molecule has 2 aliphatic rings. The molecular weight excluding hydrogens is 749 g/mol. The zero-order valence-electron chi connectivity index (χ0n) is 33.2. The van der Waals surface area contributed by atoms with Gasteiger partial charge in [0, 0.05) is 34.9 Å². The first-order valence-electron chi connectivity index (χ1n) is 19.4. The number of ketones is 2. The zero-order valence-corrected chi connectivity index (χ0v) is 33.2. The molecule has 7 rings (SSSR count). The van der Waals surface area contributed by atoms with E-state index in [-0.39, 0.29) is 58.7 Å². The number of nitrogens with zero attached hydrogens (tertiary/aromatic N) is 4. The standard InChI is InChI=1S/C40H48N10O8/c1-19(2)31(47-39(55)57-5)37(53)49-11-7-9-29(49)35-41-17-27(45-35)33(51)25-14-21-13-22-15-26(44-24(22)16-23(21)43-25)34(52)28-18-42-36(46-28)30-10-8-12-50(30)38(54)32(20(3)4)48-40(56)58-6/h13-20,29-32,43-44H,7-12H2,1-6H3,(H,41,45)(H,42,46)(H,47,55)(H,48,56). The van der Waals surface area contributed by atoms with Crippen molar-refractivity contribution in [3.05, 3.63) is 71.1 Å². The molecule has 4 unspecified atom stereocenters. The van der Waals surface area contributed by atoms with E-state index in [1.807, 2.05) is 39.8 Å². The summed E-state index contributed by atoms with van der Waals surface area (Å²) in [7, 11) is 2.50. The summed E-state index contributed by atoms with van der Waals surface area (Å²) in [5.41, 5.74) is 2.54. The molecule has 18 heteroatoms. The van der Waals surface area contributed by atoms with E-state index < -0.39 is 24.3 Å². The van der Waals surface area contributed by atoms with Gasteiger partial charge in [-0.2, -0.15) is 0 Å². The van der Waals surface area contributed by atoms with Gasteiger partial charge in [0.25, 0.3) is 0 Å². The minimum absolute atomic E-state index is 0.177. The number of H-pyrrole nitrogens is 4. The van der Waals surface area contributed by atoms with Crippen molar-refractivity contribution in [2.45, 2.75) is 77.5 Å². The topological polar surface area (TPSA) is 240 Å². The van der Waals surface area contributed by atoms with Crippen LogP contribution < -0.4 is 10.6 Å². The molecule has 1 aromatic carbocycles. The number of imidazole rings is 2. The Hall–Kier alpha value is -6.46. The third-order valence-corrected chi connectivity index (χ3v) is 11.0. The van der Waals surface area contributed by atoms with Gasteiger partial charge in [-0.3, -0.25) is 19.2 Å². The number of carbonyl (C=O) groups excluding carboxylic acids is 6. The van der Waals surface area contributed by atoms with Gasteiger partial charge in [-0.1, -0.05) is 27.7 Å². The number of alkyl carbamates (subject to hydrolysis) is 2. The molecule has 4 atom stereocenters. The minimum atomic E-state index is -0.775. The second-order valence-electron chi connectivity index (χ2n) is 15.5. The maximum Gasteiger partial charge on any atom is 0.407 e. The van der Waals surface area contributed by atoms with Crippen LogP contribution in [-0.4, -0.2) is 115 Å². The van der Waals surface area contributed by atoms with Crippen LogP contribution in [0.15, 0.2) is 36.7 Å². The number of fused-ring (bicyclic) bond motifs is 2. The van der Waals surface area contributed by atoms with Crippen molar-refractivity contribution < 1.29 is 38.2 Å². The van der Waals surface area contributed by atoms with Crippen LogP contribution in [0.3, 0.4) is 0 Å². The van der Waals surface area contributed by atoms with Crippen LogP contribution in [-0.2, 0) is 19.1 Å². The van der Waals surface area contributed by atoms with Crippen molar-refractivity contribution in [3.63, 3.8) is 0 Å². The molecule has 0 saturated carbocycles. The predicted octanol–water partition coefficient (Wildman–Crippen LogP) is 4.65. The smallest absolute Gasteiger partial charge is 0.407 e. The maximum absolute atomic E-state index is 13.7. The van der Waals surface area contributed by atoms with Crippen molar-refractivity contribution in [2.75, 3.05) is 27.3 Å². The summed E-state index contributed by atoms with van der Waals surface area (Å²) in [5, 5.41) is 6.79. The van der Waals surface area contributed by atoms with Gasteiger partial charge in [-0.25, -0.2) is 19.6 Å². The van der Waals surface area contributed by atoms with E-state index in [4.69, 9.17) is 9.47 Å².